The lowest BCUT2D eigenvalue weighted by Crippen LogP contribution is -2.19. The molecule has 2 rings (SSSR count). The number of halogens is 4. The minimum absolute atomic E-state index is 0. The van der Waals surface area contributed by atoms with Gasteiger partial charge < -0.3 is 5.32 Å². The van der Waals surface area contributed by atoms with Gasteiger partial charge in [-0.05, 0) is 19.9 Å². The SMILES string of the molecule is CCn1cc(CNCc2ccn(CC(F)(F)F)n2)c(C)n1.Cl. The van der Waals surface area contributed by atoms with Crippen LogP contribution in [0.2, 0.25) is 0 Å². The molecule has 0 saturated heterocycles. The molecule has 0 aliphatic heterocycles. The van der Waals surface area contributed by atoms with Crippen LogP contribution in [0.1, 0.15) is 23.9 Å². The number of nitrogens with zero attached hydrogens (tertiary/aromatic N) is 4. The lowest BCUT2D eigenvalue weighted by atomic mass is 10.2. The quantitative estimate of drug-likeness (QED) is 0.881. The summed E-state index contributed by atoms with van der Waals surface area (Å²) in [4.78, 5) is 0. The summed E-state index contributed by atoms with van der Waals surface area (Å²) in [6, 6.07) is 1.58. The Morgan fingerprint density at radius 2 is 1.91 bits per heavy atom. The van der Waals surface area contributed by atoms with Crippen molar-refractivity contribution < 1.29 is 13.2 Å². The lowest BCUT2D eigenvalue weighted by molar-refractivity contribution is -0.142. The predicted molar refractivity (Wildman–Crippen MR) is 78.7 cm³/mol. The highest BCUT2D eigenvalue weighted by molar-refractivity contribution is 5.85. The second-order valence-corrected chi connectivity index (χ2v) is 4.82. The van der Waals surface area contributed by atoms with Gasteiger partial charge in [0.05, 0.1) is 11.4 Å². The van der Waals surface area contributed by atoms with E-state index in [1.807, 2.05) is 24.7 Å². The van der Waals surface area contributed by atoms with Crippen LogP contribution in [-0.2, 0) is 26.2 Å². The average Bonchev–Trinajstić information content (AvgIpc) is 2.95. The van der Waals surface area contributed by atoms with Crippen molar-refractivity contribution in [1.29, 1.82) is 0 Å². The fourth-order valence-electron chi connectivity index (χ4n) is 1.99. The molecule has 2 aromatic rings. The number of hydrogen-bond donors (Lipinski definition) is 1. The van der Waals surface area contributed by atoms with Crippen LogP contribution < -0.4 is 5.32 Å². The van der Waals surface area contributed by atoms with Gasteiger partial charge in [-0.3, -0.25) is 9.36 Å². The van der Waals surface area contributed by atoms with Crippen LogP contribution in [0.5, 0.6) is 0 Å². The third-order valence-corrected chi connectivity index (χ3v) is 3.03. The first-order chi connectivity index (χ1) is 9.87. The molecule has 22 heavy (non-hydrogen) atoms. The molecular formula is C13H19ClF3N5. The van der Waals surface area contributed by atoms with Crippen LogP contribution in [0.3, 0.4) is 0 Å². The molecule has 0 aromatic carbocycles. The zero-order valence-corrected chi connectivity index (χ0v) is 13.2. The molecule has 2 aromatic heterocycles. The Bertz CT molecular complexity index is 591. The van der Waals surface area contributed by atoms with Crippen molar-refractivity contribution in [3.63, 3.8) is 0 Å². The van der Waals surface area contributed by atoms with Gasteiger partial charge >= 0.3 is 6.18 Å². The van der Waals surface area contributed by atoms with E-state index in [1.54, 1.807) is 6.07 Å². The molecule has 2 heterocycles. The molecule has 0 atom stereocenters. The normalized spacial score (nSPS) is 11.5. The maximum atomic E-state index is 12.2. The molecule has 0 amide bonds. The van der Waals surface area contributed by atoms with E-state index in [-0.39, 0.29) is 12.4 Å². The lowest BCUT2D eigenvalue weighted by Gasteiger charge is -2.05. The first-order valence-corrected chi connectivity index (χ1v) is 6.70. The maximum Gasteiger partial charge on any atom is 0.408 e. The molecule has 5 nitrogen and oxygen atoms in total. The van der Waals surface area contributed by atoms with Crippen LogP contribution in [0, 0.1) is 6.92 Å². The molecule has 0 bridgehead atoms. The minimum Gasteiger partial charge on any atom is -0.307 e. The average molecular weight is 338 g/mol. The van der Waals surface area contributed by atoms with Gasteiger partial charge in [0.15, 0.2) is 0 Å². The van der Waals surface area contributed by atoms with Crippen molar-refractivity contribution in [2.75, 3.05) is 0 Å². The Balaban J connectivity index is 0.00000242. The number of hydrogen-bond acceptors (Lipinski definition) is 3. The van der Waals surface area contributed by atoms with E-state index in [9.17, 15) is 13.2 Å². The van der Waals surface area contributed by atoms with E-state index < -0.39 is 12.7 Å². The van der Waals surface area contributed by atoms with Crippen LogP contribution >= 0.6 is 12.4 Å². The summed E-state index contributed by atoms with van der Waals surface area (Å²) < 4.78 is 39.4. The van der Waals surface area contributed by atoms with E-state index in [4.69, 9.17) is 0 Å². The minimum atomic E-state index is -4.25. The third kappa shape index (κ3) is 5.34. The fourth-order valence-corrected chi connectivity index (χ4v) is 1.99. The molecule has 9 heteroatoms. The van der Waals surface area contributed by atoms with Crippen molar-refractivity contribution in [1.82, 2.24) is 24.9 Å². The zero-order valence-electron chi connectivity index (χ0n) is 12.4. The largest absolute Gasteiger partial charge is 0.408 e. The summed E-state index contributed by atoms with van der Waals surface area (Å²) in [6.45, 7) is 4.72. The summed E-state index contributed by atoms with van der Waals surface area (Å²) in [5, 5.41) is 11.4. The van der Waals surface area contributed by atoms with Gasteiger partial charge in [0.1, 0.15) is 6.54 Å². The van der Waals surface area contributed by atoms with E-state index in [2.05, 4.69) is 15.5 Å². The third-order valence-electron chi connectivity index (χ3n) is 3.03. The van der Waals surface area contributed by atoms with Gasteiger partial charge in [-0.1, -0.05) is 0 Å². The molecule has 0 aliphatic rings. The predicted octanol–water partition coefficient (Wildman–Crippen LogP) is 2.68. The molecular weight excluding hydrogens is 319 g/mol. The van der Waals surface area contributed by atoms with Gasteiger partial charge in [0.25, 0.3) is 0 Å². The number of nitrogens with one attached hydrogen (secondary N) is 1. The molecule has 0 aliphatic carbocycles. The Hall–Kier alpha value is -1.54. The monoisotopic (exact) mass is 337 g/mol. The fraction of sp³-hybridized carbons (Fsp3) is 0.538. The summed E-state index contributed by atoms with van der Waals surface area (Å²) in [5.41, 5.74) is 2.61. The summed E-state index contributed by atoms with van der Waals surface area (Å²) in [5.74, 6) is 0. The second kappa shape index (κ2) is 7.64. The van der Waals surface area contributed by atoms with Crippen molar-refractivity contribution in [2.45, 2.75) is 46.2 Å². The van der Waals surface area contributed by atoms with E-state index in [0.29, 0.717) is 18.8 Å². The highest BCUT2D eigenvalue weighted by Crippen LogP contribution is 2.16. The molecule has 0 radical (unpaired) electrons. The number of rotatable bonds is 6. The Labute approximate surface area is 132 Å². The van der Waals surface area contributed by atoms with Gasteiger partial charge in [-0.2, -0.15) is 23.4 Å². The number of alkyl halides is 3. The highest BCUT2D eigenvalue weighted by Gasteiger charge is 2.28. The Morgan fingerprint density at radius 1 is 1.18 bits per heavy atom. The smallest absolute Gasteiger partial charge is 0.307 e. The van der Waals surface area contributed by atoms with Crippen LogP contribution in [0.4, 0.5) is 13.2 Å². The van der Waals surface area contributed by atoms with Crippen molar-refractivity contribution in [3.8, 4) is 0 Å². The van der Waals surface area contributed by atoms with Gasteiger partial charge in [-0.25, -0.2) is 0 Å². The highest BCUT2D eigenvalue weighted by atomic mass is 35.5. The Kier molecular flexibility index (Phi) is 6.43. The van der Waals surface area contributed by atoms with E-state index in [0.717, 1.165) is 22.5 Å². The zero-order chi connectivity index (χ0) is 15.5. The topological polar surface area (TPSA) is 47.7 Å². The molecule has 0 fully saturated rings. The summed E-state index contributed by atoms with van der Waals surface area (Å²) in [7, 11) is 0. The molecule has 1 N–H and O–H groups in total. The van der Waals surface area contributed by atoms with Crippen molar-refractivity contribution in [3.05, 3.63) is 35.4 Å². The van der Waals surface area contributed by atoms with Crippen LogP contribution in [0.25, 0.3) is 0 Å². The van der Waals surface area contributed by atoms with E-state index in [1.165, 1.54) is 6.20 Å². The van der Waals surface area contributed by atoms with Gasteiger partial charge in [-0.15, -0.1) is 12.4 Å². The number of aryl methyl sites for hydroxylation is 2. The van der Waals surface area contributed by atoms with Crippen molar-refractivity contribution in [2.24, 2.45) is 0 Å². The summed E-state index contributed by atoms with van der Waals surface area (Å²) in [6.07, 6.45) is -0.946. The van der Waals surface area contributed by atoms with Crippen LogP contribution in [-0.4, -0.2) is 25.7 Å². The summed E-state index contributed by atoms with van der Waals surface area (Å²) >= 11 is 0. The van der Waals surface area contributed by atoms with E-state index >= 15 is 0 Å². The first-order valence-electron chi connectivity index (χ1n) is 6.70. The van der Waals surface area contributed by atoms with Gasteiger partial charge in [0.2, 0.25) is 0 Å². The molecule has 124 valence electrons. The second-order valence-electron chi connectivity index (χ2n) is 4.82. The maximum absolute atomic E-state index is 12.2. The first kappa shape index (κ1) is 18.5. The molecule has 0 spiro atoms. The molecule has 0 saturated carbocycles. The number of aromatic nitrogens is 4. The van der Waals surface area contributed by atoms with Crippen molar-refractivity contribution >= 4 is 12.4 Å². The van der Waals surface area contributed by atoms with Crippen LogP contribution in [0.15, 0.2) is 18.5 Å². The van der Waals surface area contributed by atoms with Gasteiger partial charge in [0, 0.05) is 37.6 Å². The molecule has 0 unspecified atom stereocenters. The standard InChI is InChI=1S/C13H18F3N5.ClH/c1-3-20-8-11(10(2)18-20)6-17-7-12-4-5-21(19-12)9-13(14,15)16;/h4-5,8,17H,3,6-7,9H2,1-2H3;1H. The Morgan fingerprint density at radius 3 is 2.50 bits per heavy atom.